The first-order chi connectivity index (χ1) is 12.8. The zero-order chi connectivity index (χ0) is 19.4. The average Bonchev–Trinajstić information content (AvgIpc) is 2.62. The molecular weight excluding hydrogens is 340 g/mol. The molecule has 3 fully saturated rings. The van der Waals surface area contributed by atoms with E-state index in [4.69, 9.17) is 10.5 Å². The van der Waals surface area contributed by atoms with Crippen molar-refractivity contribution in [1.29, 1.82) is 0 Å². The molecule has 2 aliphatic heterocycles. The number of hydrogen-bond donors (Lipinski definition) is 1. The molecule has 0 radical (unpaired) electrons. The maximum absolute atomic E-state index is 12.2. The molecule has 156 valence electrons. The van der Waals surface area contributed by atoms with Crippen LogP contribution in [-0.2, 0) is 4.74 Å². The summed E-state index contributed by atoms with van der Waals surface area (Å²) in [5.41, 5.74) is 5.64. The molecule has 1 saturated carbocycles. The molecule has 0 aromatic rings. The minimum absolute atomic E-state index is 0.164. The van der Waals surface area contributed by atoms with Crippen LogP contribution in [-0.4, -0.2) is 84.3 Å². The van der Waals surface area contributed by atoms with Gasteiger partial charge in [-0.3, -0.25) is 4.90 Å². The second kappa shape index (κ2) is 9.10. The second-order valence-electron chi connectivity index (χ2n) is 9.82. The third-order valence-corrected chi connectivity index (χ3v) is 6.45. The molecule has 0 aromatic heterocycles. The highest BCUT2D eigenvalue weighted by molar-refractivity contribution is 5.68. The smallest absolute Gasteiger partial charge is 0.410 e. The van der Waals surface area contributed by atoms with Crippen molar-refractivity contribution in [3.63, 3.8) is 0 Å². The van der Waals surface area contributed by atoms with Gasteiger partial charge in [0.15, 0.2) is 0 Å². The number of nitrogens with two attached hydrogens (primary N) is 1. The third kappa shape index (κ3) is 6.33. The van der Waals surface area contributed by atoms with Crippen molar-refractivity contribution >= 4 is 6.09 Å². The van der Waals surface area contributed by atoms with Crippen molar-refractivity contribution in [2.45, 2.75) is 77.0 Å². The molecule has 0 unspecified atom stereocenters. The number of piperazine rings is 1. The minimum atomic E-state index is -0.411. The fraction of sp³-hybridized carbons (Fsp3) is 0.952. The summed E-state index contributed by atoms with van der Waals surface area (Å²) in [6, 6.07) is 1.22. The summed E-state index contributed by atoms with van der Waals surface area (Å²) in [5, 5.41) is 0. The van der Waals surface area contributed by atoms with Crippen molar-refractivity contribution in [1.82, 2.24) is 14.7 Å². The molecule has 2 heterocycles. The van der Waals surface area contributed by atoms with E-state index in [9.17, 15) is 4.79 Å². The maximum Gasteiger partial charge on any atom is 0.410 e. The highest BCUT2D eigenvalue weighted by atomic mass is 16.6. The first kappa shape index (κ1) is 20.9. The molecular formula is C21H40N4O2. The van der Waals surface area contributed by atoms with Crippen LogP contribution in [0.4, 0.5) is 4.79 Å². The molecule has 0 spiro atoms. The molecule has 1 amide bonds. The Morgan fingerprint density at radius 1 is 0.926 bits per heavy atom. The van der Waals surface area contributed by atoms with Gasteiger partial charge >= 0.3 is 6.09 Å². The van der Waals surface area contributed by atoms with E-state index in [2.05, 4.69) is 9.80 Å². The van der Waals surface area contributed by atoms with Crippen LogP contribution >= 0.6 is 0 Å². The zero-order valence-corrected chi connectivity index (χ0v) is 17.7. The van der Waals surface area contributed by atoms with Gasteiger partial charge in [0.1, 0.15) is 5.60 Å². The van der Waals surface area contributed by atoms with Gasteiger partial charge in [-0.25, -0.2) is 4.79 Å². The van der Waals surface area contributed by atoms with Gasteiger partial charge in [0.25, 0.3) is 0 Å². The first-order valence-electron chi connectivity index (χ1n) is 11.0. The lowest BCUT2D eigenvalue weighted by molar-refractivity contribution is 0.0116. The molecule has 3 rings (SSSR count). The number of amides is 1. The molecule has 2 N–H and O–H groups in total. The Balaban J connectivity index is 1.34. The number of nitrogens with zero attached hydrogens (tertiary/aromatic N) is 3. The molecule has 6 nitrogen and oxygen atoms in total. The topological polar surface area (TPSA) is 62.0 Å². The fourth-order valence-corrected chi connectivity index (χ4v) is 4.77. The van der Waals surface area contributed by atoms with E-state index in [0.29, 0.717) is 6.04 Å². The van der Waals surface area contributed by atoms with Crippen molar-refractivity contribution < 1.29 is 9.53 Å². The molecule has 0 aromatic carbocycles. The van der Waals surface area contributed by atoms with Crippen LogP contribution in [0.25, 0.3) is 0 Å². The van der Waals surface area contributed by atoms with E-state index in [-0.39, 0.29) is 6.09 Å². The Hall–Kier alpha value is -0.850. The highest BCUT2D eigenvalue weighted by Crippen LogP contribution is 2.27. The Labute approximate surface area is 165 Å². The number of ether oxygens (including phenoxy) is 1. The van der Waals surface area contributed by atoms with Gasteiger partial charge in [0.2, 0.25) is 0 Å². The van der Waals surface area contributed by atoms with Crippen LogP contribution in [0.15, 0.2) is 0 Å². The molecule has 1 aliphatic carbocycles. The highest BCUT2D eigenvalue weighted by Gasteiger charge is 2.30. The summed E-state index contributed by atoms with van der Waals surface area (Å²) < 4.78 is 5.49. The summed E-state index contributed by atoms with van der Waals surface area (Å²) in [6.45, 7) is 13.0. The van der Waals surface area contributed by atoms with Gasteiger partial charge < -0.3 is 20.3 Å². The normalized spacial score (nSPS) is 29.7. The second-order valence-corrected chi connectivity index (χ2v) is 9.82. The number of rotatable bonds is 3. The molecule has 0 atom stereocenters. The third-order valence-electron chi connectivity index (χ3n) is 6.45. The van der Waals surface area contributed by atoms with Gasteiger partial charge in [0.05, 0.1) is 0 Å². The van der Waals surface area contributed by atoms with E-state index < -0.39 is 5.60 Å². The van der Waals surface area contributed by atoms with Crippen LogP contribution in [0.5, 0.6) is 0 Å². The van der Waals surface area contributed by atoms with Gasteiger partial charge in [-0.2, -0.15) is 0 Å². The van der Waals surface area contributed by atoms with Crippen molar-refractivity contribution in [2.24, 2.45) is 11.7 Å². The number of likely N-dealkylation sites (tertiary alicyclic amines) is 1. The standard InChI is InChI=1S/C21H40N4O2/c1-21(2,3)27-20(26)25-14-12-23(13-15-25)16-17-8-10-24(11-9-17)19-6-4-18(22)5-7-19/h17-19H,4-16,22H2,1-3H3. The Kier molecular flexibility index (Phi) is 7.03. The summed E-state index contributed by atoms with van der Waals surface area (Å²) in [4.78, 5) is 19.3. The van der Waals surface area contributed by atoms with Crippen LogP contribution in [0, 0.1) is 5.92 Å². The molecule has 3 aliphatic rings. The van der Waals surface area contributed by atoms with Crippen molar-refractivity contribution in [3.8, 4) is 0 Å². The Bertz CT molecular complexity index is 469. The number of hydrogen-bond acceptors (Lipinski definition) is 5. The predicted molar refractivity (Wildman–Crippen MR) is 109 cm³/mol. The fourth-order valence-electron chi connectivity index (χ4n) is 4.77. The van der Waals surface area contributed by atoms with Gasteiger partial charge in [-0.1, -0.05) is 0 Å². The lowest BCUT2D eigenvalue weighted by Gasteiger charge is -2.42. The summed E-state index contributed by atoms with van der Waals surface area (Å²) in [7, 11) is 0. The first-order valence-corrected chi connectivity index (χ1v) is 11.0. The summed E-state index contributed by atoms with van der Waals surface area (Å²) in [5.74, 6) is 0.806. The maximum atomic E-state index is 12.2. The van der Waals surface area contributed by atoms with Gasteiger partial charge in [0, 0.05) is 44.8 Å². The van der Waals surface area contributed by atoms with Crippen molar-refractivity contribution in [3.05, 3.63) is 0 Å². The van der Waals surface area contributed by atoms with Crippen LogP contribution < -0.4 is 5.73 Å². The van der Waals surface area contributed by atoms with Crippen LogP contribution in [0.2, 0.25) is 0 Å². The quantitative estimate of drug-likeness (QED) is 0.815. The van der Waals surface area contributed by atoms with Gasteiger partial charge in [-0.05, 0) is 78.3 Å². The SMILES string of the molecule is CC(C)(C)OC(=O)N1CCN(CC2CCN(C3CCC(N)CC3)CC2)CC1. The Morgan fingerprint density at radius 2 is 1.52 bits per heavy atom. The van der Waals surface area contributed by atoms with Gasteiger partial charge in [-0.15, -0.1) is 0 Å². The number of carbonyl (C=O) groups is 1. The predicted octanol–water partition coefficient (Wildman–Crippen LogP) is 2.52. The summed E-state index contributed by atoms with van der Waals surface area (Å²) >= 11 is 0. The lowest BCUT2D eigenvalue weighted by Crippen LogP contribution is -2.52. The largest absolute Gasteiger partial charge is 0.444 e. The molecule has 27 heavy (non-hydrogen) atoms. The monoisotopic (exact) mass is 380 g/mol. The number of carbonyl (C=O) groups excluding carboxylic acids is 1. The Morgan fingerprint density at radius 3 is 2.07 bits per heavy atom. The minimum Gasteiger partial charge on any atom is -0.444 e. The molecule has 2 saturated heterocycles. The van der Waals surface area contributed by atoms with E-state index >= 15 is 0 Å². The lowest BCUT2D eigenvalue weighted by atomic mass is 9.88. The number of piperidine rings is 1. The molecule has 6 heteroatoms. The van der Waals surface area contributed by atoms with Crippen LogP contribution in [0.1, 0.15) is 59.3 Å². The summed E-state index contributed by atoms with van der Waals surface area (Å²) in [6.07, 6.45) is 7.45. The van der Waals surface area contributed by atoms with E-state index in [1.807, 2.05) is 25.7 Å². The van der Waals surface area contributed by atoms with Crippen molar-refractivity contribution in [2.75, 3.05) is 45.8 Å². The van der Waals surface area contributed by atoms with E-state index in [1.165, 1.54) is 58.2 Å². The molecule has 0 bridgehead atoms. The van der Waals surface area contributed by atoms with Crippen LogP contribution in [0.3, 0.4) is 0 Å². The van der Waals surface area contributed by atoms with E-state index in [0.717, 1.165) is 38.1 Å². The van der Waals surface area contributed by atoms with E-state index in [1.54, 1.807) is 0 Å². The zero-order valence-electron chi connectivity index (χ0n) is 17.7. The average molecular weight is 381 g/mol.